The lowest BCUT2D eigenvalue weighted by atomic mass is 10.0. The van der Waals surface area contributed by atoms with Crippen LogP contribution in [-0.2, 0) is 16.0 Å². The number of nitrogens with zero attached hydrogens (tertiary/aromatic N) is 4. The summed E-state index contributed by atoms with van der Waals surface area (Å²) in [5.74, 6) is -1.19. The smallest absolute Gasteiger partial charge is 0.326 e. The van der Waals surface area contributed by atoms with Gasteiger partial charge in [-0.3, -0.25) is 40.5 Å². The predicted molar refractivity (Wildman–Crippen MR) is 258 cm³/mol. The number of H-pyrrole nitrogens is 2. The molecule has 6 aromatic carbocycles. The minimum Gasteiger partial charge on any atom is -0.494 e. The van der Waals surface area contributed by atoms with E-state index in [-0.39, 0.29) is 34.7 Å². The molecule has 0 radical (unpaired) electrons. The number of aliphatic imine (C=N–C) groups is 2. The van der Waals surface area contributed by atoms with Gasteiger partial charge in [-0.1, -0.05) is 84.9 Å². The van der Waals surface area contributed by atoms with Crippen LogP contribution in [0.4, 0.5) is 32.3 Å². The number of urea groups is 2. The molecule has 20 nitrogen and oxygen atoms in total. The van der Waals surface area contributed by atoms with Crippen LogP contribution in [0.15, 0.2) is 161 Å². The maximum absolute atomic E-state index is 11.8. The normalized spacial score (nSPS) is 15.3. The number of hydrogen-bond donors (Lipinski definition) is 8. The second-order valence-corrected chi connectivity index (χ2v) is 15.8. The molecule has 1 atom stereocenters. The number of nitrogens with one attached hydrogen (secondary N) is 6. The Labute approximate surface area is 394 Å². The number of aromatic hydroxyl groups is 2. The van der Waals surface area contributed by atoms with Crippen molar-refractivity contribution >= 4 is 85.9 Å². The van der Waals surface area contributed by atoms with Gasteiger partial charge < -0.3 is 30.8 Å². The number of fused-ring (bicyclic) bond motifs is 2. The zero-order valence-corrected chi connectivity index (χ0v) is 36.2. The van der Waals surface area contributed by atoms with E-state index in [1.807, 2.05) is 60.7 Å². The highest BCUT2D eigenvalue weighted by Crippen LogP contribution is 2.35. The first kappa shape index (κ1) is 44.9. The van der Waals surface area contributed by atoms with Gasteiger partial charge in [0.15, 0.2) is 11.8 Å². The van der Waals surface area contributed by atoms with E-state index >= 15 is 0 Å². The topological polar surface area (TPSA) is 299 Å². The zero-order chi connectivity index (χ0) is 49.1. The lowest BCUT2D eigenvalue weighted by molar-refractivity contribution is -0.384. The van der Waals surface area contributed by atoms with Crippen LogP contribution in [0.25, 0.3) is 27.9 Å². The molecule has 8 N–H and O–H groups in total. The number of aromatic nitrogens is 2. The van der Waals surface area contributed by atoms with Crippen LogP contribution in [0.2, 0.25) is 0 Å². The molecule has 70 heavy (non-hydrogen) atoms. The molecular weight excluding hydrogens is 901 g/mol. The zero-order valence-electron chi connectivity index (χ0n) is 36.2. The molecule has 10 rings (SSSR count). The van der Waals surface area contributed by atoms with E-state index in [1.54, 1.807) is 60.7 Å². The van der Waals surface area contributed by atoms with Crippen molar-refractivity contribution in [3.05, 3.63) is 205 Å². The van der Waals surface area contributed by atoms with Crippen molar-refractivity contribution in [3.8, 4) is 11.8 Å². The summed E-state index contributed by atoms with van der Waals surface area (Å²) in [6, 6.07) is 39.3. The maximum Gasteiger partial charge on any atom is 0.326 e. The van der Waals surface area contributed by atoms with Crippen molar-refractivity contribution in [3.63, 3.8) is 0 Å². The van der Waals surface area contributed by atoms with Gasteiger partial charge in [-0.15, -0.1) is 0 Å². The van der Waals surface area contributed by atoms with Gasteiger partial charge in [0.2, 0.25) is 0 Å². The van der Waals surface area contributed by atoms with Gasteiger partial charge in [-0.2, -0.15) is 0 Å². The van der Waals surface area contributed by atoms with Crippen LogP contribution in [0.5, 0.6) is 11.8 Å². The van der Waals surface area contributed by atoms with Gasteiger partial charge in [0, 0.05) is 63.6 Å². The molecule has 20 heteroatoms. The van der Waals surface area contributed by atoms with Gasteiger partial charge in [0.05, 0.1) is 43.8 Å². The van der Waals surface area contributed by atoms with E-state index in [0.717, 1.165) is 5.56 Å². The lowest BCUT2D eigenvalue weighted by Crippen LogP contribution is -2.30. The van der Waals surface area contributed by atoms with Gasteiger partial charge in [0.25, 0.3) is 23.2 Å². The molecule has 6 amide bonds. The van der Waals surface area contributed by atoms with Crippen LogP contribution in [0.1, 0.15) is 33.4 Å². The standard InChI is InChI=1S/C25H19N5O5.C25H17N5O5/c2*31-23-20(28-25(33)29-23)12-14-6-8-16(9-7-14)26-22(15-4-2-1-3-5-15)21-18-13-17(30(34)35)10-11-19(18)27-24(21)32/h1-11,13,20,27,32H,12H2,(H2,28,29,31,33);1-13,27,32H,(H2,28,29,31,33). The molecule has 1 unspecified atom stereocenters. The fourth-order valence-electron chi connectivity index (χ4n) is 7.86. The Morgan fingerprint density at radius 3 is 1.50 bits per heavy atom. The summed E-state index contributed by atoms with van der Waals surface area (Å²) in [6.45, 7) is 0. The first-order valence-electron chi connectivity index (χ1n) is 21.2. The number of hydrogen-bond acceptors (Lipinski definition) is 12. The van der Waals surface area contributed by atoms with Gasteiger partial charge in [-0.25, -0.2) is 19.6 Å². The summed E-state index contributed by atoms with van der Waals surface area (Å²) < 4.78 is 0. The van der Waals surface area contributed by atoms with Crippen molar-refractivity contribution in [2.45, 2.75) is 12.5 Å². The quantitative estimate of drug-likeness (QED) is 0.0204. The SMILES string of the molecule is O=C1NC(=O)C(=Cc2ccc(N=C(c3ccccc3)c3c(O)[nH]c4ccc([N+](=O)[O-])cc34)cc2)N1.O=C1NC(=O)C(Cc2ccc(N=C(c3ccccc3)c3c(O)[nH]c4ccc([N+](=O)[O-])cc34)cc2)N1. The van der Waals surface area contributed by atoms with Crippen LogP contribution in [-0.4, -0.2) is 71.4 Å². The Morgan fingerprint density at radius 2 is 1.07 bits per heavy atom. The van der Waals surface area contributed by atoms with Crippen LogP contribution in [0, 0.1) is 20.2 Å². The Hall–Kier alpha value is -10.2. The minimum atomic E-state index is -0.629. The van der Waals surface area contributed by atoms with E-state index in [2.05, 4.69) is 31.2 Å². The molecule has 0 bridgehead atoms. The fraction of sp³-hybridized carbons (Fsp3) is 0.0400. The van der Waals surface area contributed by atoms with Gasteiger partial charge >= 0.3 is 12.1 Å². The molecule has 0 spiro atoms. The number of carbonyl (C=O) groups excluding carboxylic acids is 4. The maximum atomic E-state index is 11.8. The highest BCUT2D eigenvalue weighted by atomic mass is 16.6. The minimum absolute atomic E-state index is 0.0995. The second-order valence-electron chi connectivity index (χ2n) is 15.8. The molecule has 2 fully saturated rings. The molecule has 4 heterocycles. The number of carbonyl (C=O) groups is 4. The number of nitro benzene ring substituents is 2. The Balaban J connectivity index is 0.000000174. The summed E-state index contributed by atoms with van der Waals surface area (Å²) in [5, 5.41) is 54.4. The fourth-order valence-corrected chi connectivity index (χ4v) is 7.86. The highest BCUT2D eigenvalue weighted by Gasteiger charge is 2.29. The van der Waals surface area contributed by atoms with Gasteiger partial charge in [-0.05, 0) is 53.6 Å². The van der Waals surface area contributed by atoms with Crippen LogP contribution in [0.3, 0.4) is 0 Å². The third-order valence-electron chi connectivity index (χ3n) is 11.2. The molecule has 0 saturated carbocycles. The Bertz CT molecular complexity index is 3510. The van der Waals surface area contributed by atoms with Crippen LogP contribution >= 0.6 is 0 Å². The van der Waals surface area contributed by atoms with E-state index in [9.17, 15) is 49.6 Å². The molecule has 2 aromatic heterocycles. The number of nitro groups is 2. The van der Waals surface area contributed by atoms with E-state index < -0.39 is 33.9 Å². The molecule has 0 aliphatic carbocycles. The summed E-state index contributed by atoms with van der Waals surface area (Å²) >= 11 is 0. The van der Waals surface area contributed by atoms with E-state index in [0.29, 0.717) is 78.8 Å². The van der Waals surface area contributed by atoms with Crippen molar-refractivity contribution < 1.29 is 39.2 Å². The Morgan fingerprint density at radius 1 is 0.586 bits per heavy atom. The lowest BCUT2D eigenvalue weighted by Gasteiger charge is -2.09. The number of imide groups is 2. The largest absolute Gasteiger partial charge is 0.494 e. The predicted octanol–water partition coefficient (Wildman–Crippen LogP) is 7.83. The van der Waals surface area contributed by atoms with Crippen molar-refractivity contribution in [2.75, 3.05) is 0 Å². The molecule has 2 aliphatic rings. The first-order valence-corrected chi connectivity index (χ1v) is 21.2. The third-order valence-corrected chi connectivity index (χ3v) is 11.2. The number of aromatic amines is 2. The Kier molecular flexibility index (Phi) is 12.2. The second kappa shape index (κ2) is 18.9. The molecule has 2 saturated heterocycles. The number of non-ortho nitro benzene ring substituents is 2. The highest BCUT2D eigenvalue weighted by molar-refractivity contribution is 6.23. The van der Waals surface area contributed by atoms with Crippen molar-refractivity contribution in [2.24, 2.45) is 9.98 Å². The monoisotopic (exact) mass is 936 g/mol. The average Bonchev–Trinajstić information content (AvgIpc) is 4.07. The molecular formula is C50H36N10O10. The summed E-state index contributed by atoms with van der Waals surface area (Å²) in [6.07, 6.45) is 1.87. The van der Waals surface area contributed by atoms with E-state index in [1.165, 1.54) is 30.3 Å². The first-order chi connectivity index (χ1) is 33.8. The number of benzene rings is 6. The molecule has 2 aliphatic heterocycles. The summed E-state index contributed by atoms with van der Waals surface area (Å²) in [7, 11) is 0. The summed E-state index contributed by atoms with van der Waals surface area (Å²) in [5.41, 5.74) is 6.59. The number of amides is 6. The molecule has 8 aromatic rings. The average molecular weight is 937 g/mol. The van der Waals surface area contributed by atoms with E-state index in [4.69, 9.17) is 9.98 Å². The van der Waals surface area contributed by atoms with Gasteiger partial charge in [0.1, 0.15) is 11.7 Å². The van der Waals surface area contributed by atoms with Crippen molar-refractivity contribution in [1.29, 1.82) is 0 Å². The summed E-state index contributed by atoms with van der Waals surface area (Å²) in [4.78, 5) is 83.1. The van der Waals surface area contributed by atoms with Crippen molar-refractivity contribution in [1.82, 2.24) is 31.2 Å². The third kappa shape index (κ3) is 9.53. The van der Waals surface area contributed by atoms with Crippen LogP contribution < -0.4 is 21.3 Å². The number of rotatable bonds is 11. The molecule has 346 valence electrons.